The number of carbonyl (C=O) groups excluding carboxylic acids is 1. The number of carbonyl (C=O) groups is 1. The monoisotopic (exact) mass is 482 g/mol. The van der Waals surface area contributed by atoms with E-state index in [1.807, 2.05) is 6.07 Å². The van der Waals surface area contributed by atoms with Gasteiger partial charge in [0.05, 0.1) is 45.7 Å². The standard InChI is InChI=1S/C26H30N2O7/c1-30-22-13-17(14-23(31-2)26(22)32-3)12-21-24(29)18-4-5-20-19(25(18)35-21)15-28(16-34-20)7-6-27-8-10-33-11-9-27/h4-5,12-14H,6-11,15-16H2,1-3H3. The van der Waals surface area contributed by atoms with Crippen molar-refractivity contribution in [2.24, 2.45) is 0 Å². The molecular formula is C26H30N2O7. The zero-order valence-electron chi connectivity index (χ0n) is 20.3. The quantitative estimate of drug-likeness (QED) is 0.554. The number of benzene rings is 2. The normalized spacial score (nSPS) is 19.1. The average molecular weight is 483 g/mol. The highest BCUT2D eigenvalue weighted by Crippen LogP contribution is 2.43. The van der Waals surface area contributed by atoms with Gasteiger partial charge in [0.25, 0.3) is 0 Å². The van der Waals surface area contributed by atoms with Crippen molar-refractivity contribution in [3.8, 4) is 28.7 Å². The van der Waals surface area contributed by atoms with Crippen molar-refractivity contribution >= 4 is 11.9 Å². The Morgan fingerprint density at radius 2 is 1.69 bits per heavy atom. The molecule has 9 nitrogen and oxygen atoms in total. The Bertz CT molecular complexity index is 1120. The predicted octanol–water partition coefficient (Wildman–Crippen LogP) is 2.81. The summed E-state index contributed by atoms with van der Waals surface area (Å²) in [4.78, 5) is 17.8. The Kier molecular flexibility index (Phi) is 6.81. The molecule has 1 saturated heterocycles. The molecule has 0 spiro atoms. The van der Waals surface area contributed by atoms with Crippen molar-refractivity contribution in [1.82, 2.24) is 9.80 Å². The van der Waals surface area contributed by atoms with E-state index in [1.165, 1.54) is 0 Å². The van der Waals surface area contributed by atoms with Crippen LogP contribution in [-0.4, -0.2) is 83.0 Å². The predicted molar refractivity (Wildman–Crippen MR) is 129 cm³/mol. The number of hydrogen-bond donors (Lipinski definition) is 0. The molecule has 3 aliphatic heterocycles. The van der Waals surface area contributed by atoms with Crippen LogP contribution in [0.5, 0.6) is 28.7 Å². The number of hydrogen-bond acceptors (Lipinski definition) is 9. The first-order chi connectivity index (χ1) is 17.1. The third-order valence-electron chi connectivity index (χ3n) is 6.50. The number of fused-ring (bicyclic) bond motifs is 3. The average Bonchev–Trinajstić information content (AvgIpc) is 3.22. The van der Waals surface area contributed by atoms with Crippen molar-refractivity contribution in [2.45, 2.75) is 6.54 Å². The molecular weight excluding hydrogens is 452 g/mol. The van der Waals surface area contributed by atoms with E-state index in [0.29, 0.717) is 47.4 Å². The van der Waals surface area contributed by atoms with Gasteiger partial charge >= 0.3 is 0 Å². The van der Waals surface area contributed by atoms with Gasteiger partial charge in [-0.25, -0.2) is 0 Å². The summed E-state index contributed by atoms with van der Waals surface area (Å²) < 4.78 is 33.8. The minimum atomic E-state index is -0.165. The van der Waals surface area contributed by atoms with E-state index >= 15 is 0 Å². The molecule has 0 bridgehead atoms. The molecule has 0 N–H and O–H groups in total. The van der Waals surface area contributed by atoms with Crippen LogP contribution in [0, 0.1) is 0 Å². The second-order valence-electron chi connectivity index (χ2n) is 8.60. The van der Waals surface area contributed by atoms with Gasteiger partial charge in [-0.1, -0.05) is 0 Å². The van der Waals surface area contributed by atoms with Crippen LogP contribution in [0.1, 0.15) is 21.5 Å². The molecule has 0 amide bonds. The summed E-state index contributed by atoms with van der Waals surface area (Å²) in [5.41, 5.74) is 2.14. The lowest BCUT2D eigenvalue weighted by Crippen LogP contribution is -2.43. The van der Waals surface area contributed by atoms with Crippen LogP contribution in [-0.2, 0) is 11.3 Å². The third-order valence-corrected chi connectivity index (χ3v) is 6.50. The molecule has 0 atom stereocenters. The number of nitrogens with zero attached hydrogens (tertiary/aromatic N) is 2. The lowest BCUT2D eigenvalue weighted by Gasteiger charge is -2.33. The molecule has 0 saturated carbocycles. The summed E-state index contributed by atoms with van der Waals surface area (Å²) >= 11 is 0. The molecule has 3 heterocycles. The fraction of sp³-hybridized carbons (Fsp3) is 0.423. The maximum atomic E-state index is 13.2. The summed E-state index contributed by atoms with van der Waals surface area (Å²) in [5.74, 6) is 2.90. The van der Waals surface area contributed by atoms with Crippen LogP contribution in [0.4, 0.5) is 0 Å². The number of methoxy groups -OCH3 is 3. The van der Waals surface area contributed by atoms with Crippen LogP contribution >= 0.6 is 0 Å². The summed E-state index contributed by atoms with van der Waals surface area (Å²) in [5, 5.41) is 0. The Morgan fingerprint density at radius 3 is 2.37 bits per heavy atom. The van der Waals surface area contributed by atoms with Crippen LogP contribution in [0.2, 0.25) is 0 Å². The topological polar surface area (TPSA) is 78.9 Å². The maximum absolute atomic E-state index is 13.2. The van der Waals surface area contributed by atoms with Crippen LogP contribution in [0.3, 0.4) is 0 Å². The molecule has 2 aromatic rings. The fourth-order valence-corrected chi connectivity index (χ4v) is 4.59. The zero-order valence-corrected chi connectivity index (χ0v) is 20.3. The molecule has 0 radical (unpaired) electrons. The fourth-order valence-electron chi connectivity index (χ4n) is 4.59. The first kappa shape index (κ1) is 23.5. The van der Waals surface area contributed by atoms with E-state index in [4.69, 9.17) is 28.4 Å². The molecule has 1 fully saturated rings. The SMILES string of the molecule is COc1cc(C=C2Oc3c(ccc4c3CN(CCN3CCOCC3)CO4)C2=O)cc(OC)c1OC. The van der Waals surface area contributed by atoms with Crippen LogP contribution < -0.4 is 23.7 Å². The molecule has 186 valence electrons. The maximum Gasteiger partial charge on any atom is 0.231 e. The lowest BCUT2D eigenvalue weighted by atomic mass is 10.0. The number of morpholine rings is 1. The lowest BCUT2D eigenvalue weighted by molar-refractivity contribution is 0.0239. The van der Waals surface area contributed by atoms with E-state index in [2.05, 4.69) is 9.80 Å². The van der Waals surface area contributed by atoms with Gasteiger partial charge in [-0.3, -0.25) is 14.6 Å². The number of allylic oxidation sites excluding steroid dienone is 1. The highest BCUT2D eigenvalue weighted by molar-refractivity contribution is 6.15. The highest BCUT2D eigenvalue weighted by atomic mass is 16.5. The van der Waals surface area contributed by atoms with Gasteiger partial charge in [-0.15, -0.1) is 0 Å². The second kappa shape index (κ2) is 10.2. The number of ketones is 1. The molecule has 3 aliphatic rings. The molecule has 35 heavy (non-hydrogen) atoms. The van der Waals surface area contributed by atoms with Crippen molar-refractivity contribution in [2.75, 3.05) is 67.5 Å². The second-order valence-corrected chi connectivity index (χ2v) is 8.60. The minimum Gasteiger partial charge on any atom is -0.493 e. The van der Waals surface area contributed by atoms with Gasteiger partial charge in [0.2, 0.25) is 11.5 Å². The van der Waals surface area contributed by atoms with Crippen molar-refractivity contribution < 1.29 is 33.2 Å². The van der Waals surface area contributed by atoms with Gasteiger partial charge in [0.15, 0.2) is 17.3 Å². The van der Waals surface area contributed by atoms with E-state index in [-0.39, 0.29) is 11.5 Å². The molecule has 2 aromatic carbocycles. The van der Waals surface area contributed by atoms with E-state index < -0.39 is 0 Å². The smallest absolute Gasteiger partial charge is 0.231 e. The zero-order chi connectivity index (χ0) is 24.4. The van der Waals surface area contributed by atoms with Gasteiger partial charge in [0, 0.05) is 32.7 Å². The third kappa shape index (κ3) is 4.67. The Balaban J connectivity index is 1.37. The molecule has 0 unspecified atom stereocenters. The number of rotatable bonds is 7. The number of ether oxygens (including phenoxy) is 6. The van der Waals surface area contributed by atoms with Gasteiger partial charge in [0.1, 0.15) is 18.2 Å². The summed E-state index contributed by atoms with van der Waals surface area (Å²) in [6.07, 6.45) is 1.69. The van der Waals surface area contributed by atoms with Gasteiger partial charge in [-0.05, 0) is 35.9 Å². The Labute approximate surface area is 204 Å². The summed E-state index contributed by atoms with van der Waals surface area (Å²) in [7, 11) is 4.66. The number of Topliss-reactive ketones (excluding diaryl/α,β-unsaturated/α-hetero) is 1. The highest BCUT2D eigenvalue weighted by Gasteiger charge is 2.34. The Hall–Kier alpha value is -3.27. The first-order valence-electron chi connectivity index (χ1n) is 11.7. The summed E-state index contributed by atoms with van der Waals surface area (Å²) in [6.45, 7) is 6.45. The Morgan fingerprint density at radius 1 is 0.971 bits per heavy atom. The molecule has 9 heteroatoms. The van der Waals surface area contributed by atoms with Crippen molar-refractivity contribution in [3.63, 3.8) is 0 Å². The first-order valence-corrected chi connectivity index (χ1v) is 11.7. The van der Waals surface area contributed by atoms with Gasteiger partial charge in [-0.2, -0.15) is 0 Å². The molecule has 0 aromatic heterocycles. The van der Waals surface area contributed by atoms with E-state index in [9.17, 15) is 4.79 Å². The van der Waals surface area contributed by atoms with Crippen molar-refractivity contribution in [1.29, 1.82) is 0 Å². The molecule has 0 aliphatic carbocycles. The largest absolute Gasteiger partial charge is 0.493 e. The minimum absolute atomic E-state index is 0.165. The van der Waals surface area contributed by atoms with Crippen molar-refractivity contribution in [3.05, 3.63) is 46.7 Å². The summed E-state index contributed by atoms with van der Waals surface area (Å²) in [6, 6.07) is 7.19. The molecule has 5 rings (SSSR count). The van der Waals surface area contributed by atoms with Crippen LogP contribution in [0.25, 0.3) is 6.08 Å². The van der Waals surface area contributed by atoms with E-state index in [1.54, 1.807) is 45.6 Å². The van der Waals surface area contributed by atoms with E-state index in [0.717, 1.165) is 50.7 Å². The van der Waals surface area contributed by atoms with Gasteiger partial charge < -0.3 is 28.4 Å². The van der Waals surface area contributed by atoms with Crippen LogP contribution in [0.15, 0.2) is 30.0 Å².